The van der Waals surface area contributed by atoms with Crippen LogP contribution in [0.3, 0.4) is 0 Å². The zero-order valence-electron chi connectivity index (χ0n) is 5.00. The summed E-state index contributed by atoms with van der Waals surface area (Å²) in [6.45, 7) is 1.78. The first-order chi connectivity index (χ1) is 4.20. The molecule has 0 aliphatic rings. The molecule has 48 valence electrons. The Morgan fingerprint density at radius 1 is 1.67 bits per heavy atom. The SMILES string of the molecule is Cc1ncc(S)c(N)n1. The summed E-state index contributed by atoms with van der Waals surface area (Å²) in [5, 5.41) is 0. The van der Waals surface area contributed by atoms with Crippen molar-refractivity contribution in [3.05, 3.63) is 12.0 Å². The summed E-state index contributed by atoms with van der Waals surface area (Å²) in [6.07, 6.45) is 1.58. The minimum absolute atomic E-state index is 0.436. The highest BCUT2D eigenvalue weighted by Crippen LogP contribution is 2.10. The monoisotopic (exact) mass is 141 g/mol. The Morgan fingerprint density at radius 3 is 2.78 bits per heavy atom. The van der Waals surface area contributed by atoms with Gasteiger partial charge in [0.15, 0.2) is 0 Å². The van der Waals surface area contributed by atoms with Gasteiger partial charge in [-0.1, -0.05) is 0 Å². The Kier molecular flexibility index (Phi) is 1.57. The third kappa shape index (κ3) is 1.32. The van der Waals surface area contributed by atoms with Gasteiger partial charge < -0.3 is 5.73 Å². The van der Waals surface area contributed by atoms with Gasteiger partial charge in [-0.3, -0.25) is 0 Å². The van der Waals surface area contributed by atoms with Crippen molar-refractivity contribution in [3.8, 4) is 0 Å². The zero-order chi connectivity index (χ0) is 6.85. The molecule has 1 aromatic heterocycles. The molecule has 0 unspecified atom stereocenters. The summed E-state index contributed by atoms with van der Waals surface area (Å²) in [6, 6.07) is 0. The number of hydrogen-bond donors (Lipinski definition) is 2. The van der Waals surface area contributed by atoms with E-state index in [9.17, 15) is 0 Å². The molecule has 0 atom stereocenters. The highest BCUT2D eigenvalue weighted by molar-refractivity contribution is 7.80. The van der Waals surface area contributed by atoms with Crippen LogP contribution in [0.25, 0.3) is 0 Å². The van der Waals surface area contributed by atoms with Gasteiger partial charge in [0.2, 0.25) is 0 Å². The fourth-order valence-corrected chi connectivity index (χ4v) is 0.589. The molecule has 1 aromatic rings. The summed E-state index contributed by atoms with van der Waals surface area (Å²) in [5.74, 6) is 1.11. The first kappa shape index (κ1) is 6.35. The van der Waals surface area contributed by atoms with Gasteiger partial charge in [-0.2, -0.15) is 0 Å². The number of anilines is 1. The maximum absolute atomic E-state index is 5.39. The predicted molar refractivity (Wildman–Crippen MR) is 38.4 cm³/mol. The van der Waals surface area contributed by atoms with Crippen molar-refractivity contribution in [2.24, 2.45) is 0 Å². The Bertz CT molecular complexity index is 223. The Balaban J connectivity index is 3.17. The lowest BCUT2D eigenvalue weighted by Crippen LogP contribution is -1.95. The van der Waals surface area contributed by atoms with E-state index in [4.69, 9.17) is 5.73 Å². The van der Waals surface area contributed by atoms with Crippen LogP contribution >= 0.6 is 12.6 Å². The highest BCUT2D eigenvalue weighted by atomic mass is 32.1. The van der Waals surface area contributed by atoms with E-state index >= 15 is 0 Å². The average Bonchev–Trinajstić information content (AvgIpc) is 1.80. The summed E-state index contributed by atoms with van der Waals surface area (Å²) in [4.78, 5) is 8.36. The number of nitrogen functional groups attached to an aromatic ring is 1. The second-order valence-corrected chi connectivity index (χ2v) is 2.17. The summed E-state index contributed by atoms with van der Waals surface area (Å²) in [5.41, 5.74) is 5.39. The van der Waals surface area contributed by atoms with Crippen molar-refractivity contribution in [2.75, 3.05) is 5.73 Å². The van der Waals surface area contributed by atoms with Crippen LogP contribution in [0.15, 0.2) is 11.1 Å². The van der Waals surface area contributed by atoms with Gasteiger partial charge in [0.05, 0.1) is 4.90 Å². The minimum Gasteiger partial charge on any atom is -0.383 e. The Hall–Kier alpha value is -0.770. The van der Waals surface area contributed by atoms with Crippen LogP contribution in [-0.4, -0.2) is 9.97 Å². The van der Waals surface area contributed by atoms with Gasteiger partial charge in [-0.15, -0.1) is 12.6 Å². The van der Waals surface area contributed by atoms with Crippen LogP contribution < -0.4 is 5.73 Å². The van der Waals surface area contributed by atoms with Crippen LogP contribution in [0.5, 0.6) is 0 Å². The average molecular weight is 141 g/mol. The number of hydrogen-bond acceptors (Lipinski definition) is 4. The molecule has 0 fully saturated rings. The van der Waals surface area contributed by atoms with E-state index in [1.807, 2.05) is 0 Å². The van der Waals surface area contributed by atoms with Crippen LogP contribution in [0.4, 0.5) is 5.82 Å². The molecule has 0 saturated heterocycles. The molecule has 0 aromatic carbocycles. The Labute approximate surface area is 58.7 Å². The maximum atomic E-state index is 5.39. The van der Waals surface area contributed by atoms with Crippen LogP contribution in [0.1, 0.15) is 5.82 Å². The number of rotatable bonds is 0. The highest BCUT2D eigenvalue weighted by Gasteiger charge is 1.93. The summed E-state index contributed by atoms with van der Waals surface area (Å²) in [7, 11) is 0. The molecule has 0 aliphatic carbocycles. The van der Waals surface area contributed by atoms with E-state index in [2.05, 4.69) is 22.6 Å². The molecule has 0 spiro atoms. The lowest BCUT2D eigenvalue weighted by atomic mass is 10.5. The van der Waals surface area contributed by atoms with Crippen molar-refractivity contribution in [1.82, 2.24) is 9.97 Å². The van der Waals surface area contributed by atoms with Crippen molar-refractivity contribution in [1.29, 1.82) is 0 Å². The van der Waals surface area contributed by atoms with Crippen LogP contribution in [0.2, 0.25) is 0 Å². The second kappa shape index (κ2) is 2.23. The lowest BCUT2D eigenvalue weighted by Gasteiger charge is -1.95. The van der Waals surface area contributed by atoms with Crippen LogP contribution in [0, 0.1) is 6.92 Å². The third-order valence-electron chi connectivity index (χ3n) is 0.918. The second-order valence-electron chi connectivity index (χ2n) is 1.69. The van der Waals surface area contributed by atoms with E-state index in [0.29, 0.717) is 16.5 Å². The predicted octanol–water partition coefficient (Wildman–Crippen LogP) is 0.656. The molecule has 0 amide bonds. The third-order valence-corrected chi connectivity index (χ3v) is 1.26. The van der Waals surface area contributed by atoms with Crippen molar-refractivity contribution in [3.63, 3.8) is 0 Å². The molecule has 3 nitrogen and oxygen atoms in total. The normalized spacial score (nSPS) is 9.56. The molecule has 1 heterocycles. The standard InChI is InChI=1S/C5H7N3S/c1-3-7-2-4(9)5(6)8-3/h2,9H,1H3,(H2,6,7,8). The van der Waals surface area contributed by atoms with Gasteiger partial charge in [-0.05, 0) is 6.92 Å². The number of aromatic nitrogens is 2. The van der Waals surface area contributed by atoms with Crippen molar-refractivity contribution in [2.45, 2.75) is 11.8 Å². The van der Waals surface area contributed by atoms with Crippen LogP contribution in [-0.2, 0) is 0 Å². The molecule has 4 heteroatoms. The number of aryl methyl sites for hydroxylation is 1. The van der Waals surface area contributed by atoms with E-state index in [-0.39, 0.29) is 0 Å². The first-order valence-corrected chi connectivity index (χ1v) is 2.93. The van der Waals surface area contributed by atoms with Gasteiger partial charge >= 0.3 is 0 Å². The molecule has 0 radical (unpaired) electrons. The van der Waals surface area contributed by atoms with Crippen molar-refractivity contribution >= 4 is 18.4 Å². The molecular weight excluding hydrogens is 134 g/mol. The fraction of sp³-hybridized carbons (Fsp3) is 0.200. The van der Waals surface area contributed by atoms with E-state index in [1.165, 1.54) is 0 Å². The fourth-order valence-electron chi connectivity index (χ4n) is 0.481. The zero-order valence-corrected chi connectivity index (χ0v) is 5.89. The van der Waals surface area contributed by atoms with Gasteiger partial charge in [-0.25, -0.2) is 9.97 Å². The number of thiol groups is 1. The van der Waals surface area contributed by atoms with Gasteiger partial charge in [0, 0.05) is 6.20 Å². The van der Waals surface area contributed by atoms with Gasteiger partial charge in [0.25, 0.3) is 0 Å². The molecule has 1 rings (SSSR count). The largest absolute Gasteiger partial charge is 0.383 e. The minimum atomic E-state index is 0.436. The smallest absolute Gasteiger partial charge is 0.140 e. The van der Waals surface area contributed by atoms with E-state index in [0.717, 1.165) is 0 Å². The molecule has 2 N–H and O–H groups in total. The Morgan fingerprint density at radius 2 is 2.33 bits per heavy atom. The van der Waals surface area contributed by atoms with Gasteiger partial charge in [0.1, 0.15) is 11.6 Å². The quantitative estimate of drug-likeness (QED) is 0.522. The van der Waals surface area contributed by atoms with Crippen molar-refractivity contribution < 1.29 is 0 Å². The first-order valence-electron chi connectivity index (χ1n) is 2.48. The molecule has 0 aliphatic heterocycles. The van der Waals surface area contributed by atoms with E-state index in [1.54, 1.807) is 13.1 Å². The molecule has 0 saturated carbocycles. The van der Waals surface area contributed by atoms with E-state index < -0.39 is 0 Å². The molecular formula is C5H7N3S. The summed E-state index contributed by atoms with van der Waals surface area (Å²) < 4.78 is 0. The number of nitrogens with zero attached hydrogens (tertiary/aromatic N) is 2. The maximum Gasteiger partial charge on any atom is 0.140 e. The number of nitrogens with two attached hydrogens (primary N) is 1. The summed E-state index contributed by atoms with van der Waals surface area (Å²) >= 11 is 4.00. The molecule has 0 bridgehead atoms. The molecule has 9 heavy (non-hydrogen) atoms. The lowest BCUT2D eigenvalue weighted by molar-refractivity contribution is 1.02. The topological polar surface area (TPSA) is 51.8 Å².